The van der Waals surface area contributed by atoms with Gasteiger partial charge in [-0.2, -0.15) is 0 Å². The third-order valence-electron chi connectivity index (χ3n) is 7.61. The zero-order valence-corrected chi connectivity index (χ0v) is 19.9. The molecule has 33 heavy (non-hydrogen) atoms. The van der Waals surface area contributed by atoms with Crippen molar-refractivity contribution in [1.29, 1.82) is 0 Å². The molecule has 2 aromatic heterocycles. The van der Waals surface area contributed by atoms with E-state index in [1.54, 1.807) is 6.92 Å². The second-order valence-electron chi connectivity index (χ2n) is 10.1. The maximum absolute atomic E-state index is 12.7. The molecule has 1 N–H and O–H groups in total. The molecule has 0 spiro atoms. The summed E-state index contributed by atoms with van der Waals surface area (Å²) in [7, 11) is 1.53. The van der Waals surface area contributed by atoms with Gasteiger partial charge >= 0.3 is 11.9 Å². The van der Waals surface area contributed by atoms with Crippen LogP contribution in [-0.2, 0) is 25.6 Å². The molecule has 4 bridgehead atoms. The molecule has 4 saturated carbocycles. The Kier molecular flexibility index (Phi) is 6.03. The van der Waals surface area contributed by atoms with Crippen molar-refractivity contribution in [3.63, 3.8) is 0 Å². The minimum Gasteiger partial charge on any atom is -0.459 e. The van der Waals surface area contributed by atoms with E-state index in [0.717, 1.165) is 48.4 Å². The van der Waals surface area contributed by atoms with Gasteiger partial charge in [-0.15, -0.1) is 11.3 Å². The summed E-state index contributed by atoms with van der Waals surface area (Å²) in [5.74, 6) is 1.90. The quantitative estimate of drug-likeness (QED) is 0.459. The highest BCUT2D eigenvalue weighted by Crippen LogP contribution is 2.61. The van der Waals surface area contributed by atoms with Crippen molar-refractivity contribution in [1.82, 2.24) is 9.97 Å². The van der Waals surface area contributed by atoms with Crippen LogP contribution < -0.4 is 5.56 Å². The summed E-state index contributed by atoms with van der Waals surface area (Å²) < 4.78 is 15.6. The number of aryl methyl sites for hydroxylation is 1. The smallest absolute Gasteiger partial charge is 0.348 e. The number of fused-ring (bicyclic) bond motifs is 1. The maximum atomic E-state index is 12.7. The highest BCUT2D eigenvalue weighted by molar-refractivity contribution is 7.20. The predicted molar refractivity (Wildman–Crippen MR) is 122 cm³/mol. The van der Waals surface area contributed by atoms with Crippen LogP contribution in [0.5, 0.6) is 0 Å². The van der Waals surface area contributed by atoms with Crippen LogP contribution in [0.1, 0.15) is 66.0 Å². The van der Waals surface area contributed by atoms with Gasteiger partial charge in [-0.3, -0.25) is 9.59 Å². The second-order valence-corrected chi connectivity index (χ2v) is 11.1. The Morgan fingerprint density at radius 2 is 1.76 bits per heavy atom. The zero-order valence-electron chi connectivity index (χ0n) is 19.1. The lowest BCUT2D eigenvalue weighted by Gasteiger charge is -2.56. The molecule has 0 saturated heterocycles. The van der Waals surface area contributed by atoms with E-state index in [1.807, 2.05) is 0 Å². The molecule has 0 radical (unpaired) electrons. The lowest BCUT2D eigenvalue weighted by Crippen LogP contribution is -2.47. The van der Waals surface area contributed by atoms with E-state index in [9.17, 15) is 14.4 Å². The molecular formula is C24H30N2O6S. The number of nitrogens with zero attached hydrogens (tertiary/aromatic N) is 1. The number of carbonyl (C=O) groups excluding carboxylic acids is 2. The van der Waals surface area contributed by atoms with Gasteiger partial charge in [0.25, 0.3) is 5.56 Å². The van der Waals surface area contributed by atoms with Gasteiger partial charge in [0.2, 0.25) is 0 Å². The van der Waals surface area contributed by atoms with Gasteiger partial charge in [0.05, 0.1) is 18.4 Å². The van der Waals surface area contributed by atoms with Crippen LogP contribution >= 0.6 is 11.3 Å². The van der Waals surface area contributed by atoms with E-state index in [0.29, 0.717) is 33.7 Å². The summed E-state index contributed by atoms with van der Waals surface area (Å²) in [6, 6.07) is 0. The SMILES string of the molecule is COCCOC(=O)c1sc2nc(COC(=O)CC34CC5CC(CC(C5)C3)C4)[nH]c(=O)c2c1C. The number of thiophene rings is 1. The average molecular weight is 475 g/mol. The fourth-order valence-electron chi connectivity index (χ4n) is 6.75. The number of hydrogen-bond donors (Lipinski definition) is 1. The number of methoxy groups -OCH3 is 1. The third-order valence-corrected chi connectivity index (χ3v) is 8.78. The standard InChI is InChI=1S/C24H30N2O6S/c1-13-19-21(28)25-17(26-22(19)33-20(13)23(29)31-4-3-30-2)12-32-18(27)11-24-8-14-5-15(9-24)7-16(6-14)10-24/h14-16H,3-12H2,1-2H3,(H,25,26,28). The average Bonchev–Trinajstić information content (AvgIpc) is 3.08. The van der Waals surface area contributed by atoms with Crippen LogP contribution in [0, 0.1) is 30.1 Å². The molecule has 0 atom stereocenters. The Morgan fingerprint density at radius 1 is 1.09 bits per heavy atom. The van der Waals surface area contributed by atoms with E-state index in [4.69, 9.17) is 14.2 Å². The second kappa shape index (κ2) is 8.83. The minimum atomic E-state index is -0.504. The molecule has 4 aliphatic rings. The molecule has 4 aliphatic carbocycles. The van der Waals surface area contributed by atoms with Gasteiger partial charge in [-0.05, 0) is 74.2 Å². The van der Waals surface area contributed by atoms with Crippen molar-refractivity contribution in [2.45, 2.75) is 58.5 Å². The van der Waals surface area contributed by atoms with Crippen molar-refractivity contribution in [2.75, 3.05) is 20.3 Å². The van der Waals surface area contributed by atoms with Gasteiger partial charge in [0.15, 0.2) is 0 Å². The first-order valence-electron chi connectivity index (χ1n) is 11.7. The first-order chi connectivity index (χ1) is 15.9. The van der Waals surface area contributed by atoms with Crippen LogP contribution in [-0.4, -0.2) is 42.2 Å². The Morgan fingerprint density at radius 3 is 2.39 bits per heavy atom. The number of nitrogens with one attached hydrogen (secondary N) is 1. The minimum absolute atomic E-state index is 0.0824. The van der Waals surface area contributed by atoms with E-state index in [1.165, 1.54) is 26.4 Å². The summed E-state index contributed by atoms with van der Waals surface area (Å²) in [5.41, 5.74) is 0.299. The normalized spacial score (nSPS) is 27.8. The highest BCUT2D eigenvalue weighted by Gasteiger charge is 2.51. The number of aromatic amines is 1. The summed E-state index contributed by atoms with van der Waals surface area (Å²) >= 11 is 1.11. The van der Waals surface area contributed by atoms with Crippen LogP contribution in [0.25, 0.3) is 10.2 Å². The van der Waals surface area contributed by atoms with E-state index in [-0.39, 0.29) is 36.0 Å². The van der Waals surface area contributed by atoms with Crippen molar-refractivity contribution in [3.05, 3.63) is 26.6 Å². The molecule has 0 unspecified atom stereocenters. The lowest BCUT2D eigenvalue weighted by molar-refractivity contribution is -0.153. The largest absolute Gasteiger partial charge is 0.459 e. The lowest BCUT2D eigenvalue weighted by atomic mass is 9.49. The molecule has 178 valence electrons. The molecular weight excluding hydrogens is 444 g/mol. The van der Waals surface area contributed by atoms with E-state index >= 15 is 0 Å². The molecule has 8 nitrogen and oxygen atoms in total. The van der Waals surface area contributed by atoms with Gasteiger partial charge in [-0.1, -0.05) is 0 Å². The van der Waals surface area contributed by atoms with Crippen LogP contribution in [0.3, 0.4) is 0 Å². The first kappa shape index (κ1) is 22.5. The Bertz CT molecular complexity index is 1100. The van der Waals surface area contributed by atoms with Crippen molar-refractivity contribution >= 4 is 33.5 Å². The molecule has 6 rings (SSSR count). The highest BCUT2D eigenvalue weighted by atomic mass is 32.1. The van der Waals surface area contributed by atoms with Gasteiger partial charge in [0.1, 0.15) is 28.7 Å². The van der Waals surface area contributed by atoms with Crippen LogP contribution in [0.4, 0.5) is 0 Å². The van der Waals surface area contributed by atoms with Gasteiger partial charge in [-0.25, -0.2) is 9.78 Å². The van der Waals surface area contributed by atoms with Gasteiger partial charge < -0.3 is 19.2 Å². The fourth-order valence-corrected chi connectivity index (χ4v) is 7.84. The number of carbonyl (C=O) groups is 2. The number of H-pyrrole nitrogens is 1. The Balaban J connectivity index is 1.25. The Labute approximate surface area is 196 Å². The monoisotopic (exact) mass is 474 g/mol. The first-order valence-corrected chi connectivity index (χ1v) is 12.5. The van der Waals surface area contributed by atoms with Crippen molar-refractivity contribution in [3.8, 4) is 0 Å². The van der Waals surface area contributed by atoms with Crippen LogP contribution in [0.15, 0.2) is 4.79 Å². The fraction of sp³-hybridized carbons (Fsp3) is 0.667. The summed E-state index contributed by atoms with van der Waals surface area (Å²) in [6.07, 6.45) is 7.90. The van der Waals surface area contributed by atoms with Crippen LogP contribution in [0.2, 0.25) is 0 Å². The van der Waals surface area contributed by atoms with E-state index < -0.39 is 5.97 Å². The van der Waals surface area contributed by atoms with E-state index in [2.05, 4.69) is 9.97 Å². The predicted octanol–water partition coefficient (Wildman–Crippen LogP) is 3.75. The molecule has 2 heterocycles. The number of ether oxygens (including phenoxy) is 3. The summed E-state index contributed by atoms with van der Waals surface area (Å²) in [4.78, 5) is 45.6. The van der Waals surface area contributed by atoms with Crippen molar-refractivity contribution in [2.24, 2.45) is 23.2 Å². The molecule has 0 amide bonds. The Hall–Kier alpha value is -2.26. The molecule has 0 aromatic carbocycles. The molecule has 0 aliphatic heterocycles. The zero-order chi connectivity index (χ0) is 23.2. The molecule has 2 aromatic rings. The third kappa shape index (κ3) is 4.45. The van der Waals surface area contributed by atoms with Gasteiger partial charge in [0, 0.05) is 7.11 Å². The number of aromatic nitrogens is 2. The van der Waals surface area contributed by atoms with Crippen molar-refractivity contribution < 1.29 is 23.8 Å². The number of esters is 2. The number of rotatable bonds is 8. The topological polar surface area (TPSA) is 108 Å². The molecule has 4 fully saturated rings. The summed E-state index contributed by atoms with van der Waals surface area (Å²) in [5, 5.41) is 0.363. The summed E-state index contributed by atoms with van der Waals surface area (Å²) in [6.45, 7) is 2.06. The maximum Gasteiger partial charge on any atom is 0.348 e. The molecule has 9 heteroatoms. The number of hydrogen-bond acceptors (Lipinski definition) is 8.